The Bertz CT molecular complexity index is 1800. The molecule has 2 aliphatic heterocycles. The number of rotatable bonds is 2. The molecule has 2 aromatic carbocycles. The van der Waals surface area contributed by atoms with Crippen molar-refractivity contribution in [2.75, 3.05) is 7.11 Å². The fraction of sp³-hybridized carbons (Fsp3) is 0.355. The molecule has 12 heteroatoms. The Balaban J connectivity index is 1.44. The highest BCUT2D eigenvalue weighted by molar-refractivity contribution is 6.32. The number of carbonyl (C=O) groups is 6. The third kappa shape index (κ3) is 3.08. The number of phenols is 2. The topological polar surface area (TPSA) is 191 Å². The third-order valence-electron chi connectivity index (χ3n) is 9.42. The Labute approximate surface area is 242 Å². The third-order valence-corrected chi connectivity index (χ3v) is 9.42. The van der Waals surface area contributed by atoms with Crippen molar-refractivity contribution in [1.82, 2.24) is 0 Å². The second-order valence-electron chi connectivity index (χ2n) is 11.7. The summed E-state index contributed by atoms with van der Waals surface area (Å²) in [6.45, 7) is 1.60. The fourth-order valence-electron chi connectivity index (χ4n) is 7.43. The van der Waals surface area contributed by atoms with Crippen molar-refractivity contribution in [2.24, 2.45) is 5.41 Å². The number of esters is 2. The molecule has 4 aliphatic carbocycles. The van der Waals surface area contributed by atoms with Crippen LogP contribution in [0.4, 0.5) is 0 Å². The van der Waals surface area contributed by atoms with Crippen LogP contribution in [0.3, 0.4) is 0 Å². The van der Waals surface area contributed by atoms with Crippen molar-refractivity contribution in [3.63, 3.8) is 0 Å². The van der Waals surface area contributed by atoms with Crippen LogP contribution in [-0.4, -0.2) is 74.8 Å². The second kappa shape index (κ2) is 8.38. The van der Waals surface area contributed by atoms with Gasteiger partial charge in [-0.3, -0.25) is 24.0 Å². The molecule has 0 radical (unpaired) electrons. The first-order valence-corrected chi connectivity index (χ1v) is 13.6. The molecule has 1 spiro atoms. The van der Waals surface area contributed by atoms with Crippen LogP contribution >= 0.6 is 0 Å². The Kier molecular flexibility index (Phi) is 5.26. The van der Waals surface area contributed by atoms with Crippen molar-refractivity contribution in [2.45, 2.75) is 55.8 Å². The van der Waals surface area contributed by atoms with Gasteiger partial charge in [-0.2, -0.15) is 0 Å². The van der Waals surface area contributed by atoms with Gasteiger partial charge in [0.2, 0.25) is 17.0 Å². The number of aromatic hydroxyl groups is 2. The van der Waals surface area contributed by atoms with E-state index in [-0.39, 0.29) is 40.8 Å². The Hall–Kier alpha value is -4.84. The minimum absolute atomic E-state index is 0.0214. The molecule has 0 saturated carbocycles. The lowest BCUT2D eigenvalue weighted by Crippen LogP contribution is -2.67. The van der Waals surface area contributed by atoms with Crippen LogP contribution in [0, 0.1) is 12.3 Å². The van der Waals surface area contributed by atoms with Gasteiger partial charge in [-0.25, -0.2) is 4.79 Å². The van der Waals surface area contributed by atoms with Gasteiger partial charge in [0, 0.05) is 17.5 Å². The molecule has 12 nitrogen and oxygen atoms in total. The molecule has 6 aliphatic rings. The van der Waals surface area contributed by atoms with Gasteiger partial charge in [-0.15, -0.1) is 0 Å². The average Bonchev–Trinajstić information content (AvgIpc) is 3.29. The fourth-order valence-corrected chi connectivity index (χ4v) is 7.43. The van der Waals surface area contributed by atoms with Crippen LogP contribution < -0.4 is 4.74 Å². The molecule has 5 atom stereocenters. The van der Waals surface area contributed by atoms with E-state index in [9.17, 15) is 44.1 Å². The van der Waals surface area contributed by atoms with E-state index in [1.807, 2.05) is 0 Å². The van der Waals surface area contributed by atoms with E-state index in [2.05, 4.69) is 0 Å². The van der Waals surface area contributed by atoms with Crippen molar-refractivity contribution >= 4 is 35.1 Å². The number of aliphatic hydroxyl groups is 1. The smallest absolute Gasteiger partial charge is 0.354 e. The molecule has 43 heavy (non-hydrogen) atoms. The summed E-state index contributed by atoms with van der Waals surface area (Å²) in [7, 11) is 1.08. The zero-order valence-electron chi connectivity index (χ0n) is 22.9. The number of phenolic OH excluding ortho intramolecular Hbond substituents is 2. The maximum atomic E-state index is 14.2. The molecule has 1 fully saturated rings. The van der Waals surface area contributed by atoms with Crippen molar-refractivity contribution in [1.29, 1.82) is 0 Å². The van der Waals surface area contributed by atoms with Gasteiger partial charge < -0.3 is 29.5 Å². The monoisotopic (exact) mass is 588 g/mol. The first-order valence-electron chi connectivity index (χ1n) is 13.6. The largest absolute Gasteiger partial charge is 0.507 e. The van der Waals surface area contributed by atoms with Crippen molar-refractivity contribution in [3.8, 4) is 17.2 Å². The molecule has 2 heterocycles. The quantitative estimate of drug-likeness (QED) is 0.261. The SMILES string of the molecule is COC(=O)C1(C2CCC(=O)O2)CC(=O)c2c(cc3c(c2O)C2C=CC4(C3)C(=O)c3cc(C)cc(O)c3C(=O)C4(O)C2=O)O1. The molecule has 220 valence electrons. The highest BCUT2D eigenvalue weighted by Crippen LogP contribution is 2.59. The molecule has 1 saturated heterocycles. The maximum Gasteiger partial charge on any atom is 0.354 e. The molecule has 2 bridgehead atoms. The van der Waals surface area contributed by atoms with Crippen LogP contribution in [0.2, 0.25) is 0 Å². The zero-order valence-corrected chi connectivity index (χ0v) is 22.9. The van der Waals surface area contributed by atoms with E-state index < -0.39 is 93.6 Å². The van der Waals surface area contributed by atoms with E-state index in [0.717, 1.165) is 7.11 Å². The minimum atomic E-state index is -2.94. The van der Waals surface area contributed by atoms with Crippen molar-refractivity contribution in [3.05, 3.63) is 63.7 Å². The predicted octanol–water partition coefficient (Wildman–Crippen LogP) is 1.56. The first-order chi connectivity index (χ1) is 20.3. The van der Waals surface area contributed by atoms with Gasteiger partial charge in [-0.05, 0) is 49.1 Å². The van der Waals surface area contributed by atoms with E-state index in [1.165, 1.54) is 30.4 Å². The number of ether oxygens (including phenoxy) is 3. The van der Waals surface area contributed by atoms with Crippen LogP contribution in [0.25, 0.3) is 0 Å². The van der Waals surface area contributed by atoms with Crippen LogP contribution in [0.1, 0.15) is 72.9 Å². The highest BCUT2D eigenvalue weighted by Gasteiger charge is 2.71. The van der Waals surface area contributed by atoms with Gasteiger partial charge in [0.05, 0.1) is 30.4 Å². The van der Waals surface area contributed by atoms with Gasteiger partial charge in [0.15, 0.2) is 23.5 Å². The lowest BCUT2D eigenvalue weighted by atomic mass is 9.54. The van der Waals surface area contributed by atoms with Crippen molar-refractivity contribution < 1.29 is 58.3 Å². The summed E-state index contributed by atoms with van der Waals surface area (Å²) in [5.41, 5.74) is -7.69. The normalized spacial score (nSPS) is 31.8. The summed E-state index contributed by atoms with van der Waals surface area (Å²) >= 11 is 0. The van der Waals surface area contributed by atoms with Crippen LogP contribution in [0.15, 0.2) is 30.4 Å². The number of hydrogen-bond donors (Lipinski definition) is 3. The van der Waals surface area contributed by atoms with Gasteiger partial charge in [0.25, 0.3) is 0 Å². The Morgan fingerprint density at radius 2 is 1.77 bits per heavy atom. The lowest BCUT2D eigenvalue weighted by Gasteiger charge is -2.47. The number of benzene rings is 2. The molecule has 5 unspecified atom stereocenters. The summed E-state index contributed by atoms with van der Waals surface area (Å²) in [4.78, 5) is 80.6. The van der Waals surface area contributed by atoms with Crippen LogP contribution in [-0.2, 0) is 30.3 Å². The Morgan fingerprint density at radius 3 is 2.44 bits per heavy atom. The average molecular weight is 589 g/mol. The van der Waals surface area contributed by atoms with E-state index in [4.69, 9.17) is 14.2 Å². The Morgan fingerprint density at radius 1 is 1.02 bits per heavy atom. The summed E-state index contributed by atoms with van der Waals surface area (Å²) in [5, 5.41) is 34.1. The van der Waals surface area contributed by atoms with E-state index >= 15 is 0 Å². The summed E-state index contributed by atoms with van der Waals surface area (Å²) < 4.78 is 16.3. The first kappa shape index (κ1) is 27.0. The number of Topliss-reactive ketones (excluding diaryl/α,β-unsaturated/α-hetero) is 4. The molecule has 8 rings (SSSR count). The molecule has 2 aromatic rings. The number of ketones is 4. The lowest BCUT2D eigenvalue weighted by molar-refractivity contribution is -0.175. The van der Waals surface area contributed by atoms with Gasteiger partial charge in [0.1, 0.15) is 22.8 Å². The highest BCUT2D eigenvalue weighted by atomic mass is 16.6. The number of hydrogen-bond acceptors (Lipinski definition) is 12. The number of cyclic esters (lactones) is 1. The number of carbonyl (C=O) groups excluding carboxylic acids is 6. The van der Waals surface area contributed by atoms with E-state index in [1.54, 1.807) is 6.92 Å². The summed E-state index contributed by atoms with van der Waals surface area (Å²) in [6, 6.07) is 3.92. The number of aryl methyl sites for hydroxylation is 1. The molecule has 0 aromatic heterocycles. The molecule has 0 amide bonds. The zero-order chi connectivity index (χ0) is 30.8. The standard InChI is InChI=1S/C31H24O12/c1-12-7-15-22(16(32)8-12)27(38)31(40)26(37)14-5-6-29(31,25(15)36)10-13-9-18-23(24(35)21(13)14)17(33)11-30(43-18,28(39)41-2)19-3-4-20(34)42-19/h5-9,14,19,32,35,40H,3-4,10-11H2,1-2H3. The van der Waals surface area contributed by atoms with E-state index in [0.29, 0.717) is 5.56 Å². The number of methoxy groups -OCH3 is 1. The molecule has 3 N–H and O–H groups in total. The second-order valence-corrected chi connectivity index (χ2v) is 11.7. The minimum Gasteiger partial charge on any atom is -0.507 e. The van der Waals surface area contributed by atoms with Gasteiger partial charge in [-0.1, -0.05) is 12.2 Å². The molecular weight excluding hydrogens is 564 g/mol. The van der Waals surface area contributed by atoms with Crippen LogP contribution in [0.5, 0.6) is 17.2 Å². The summed E-state index contributed by atoms with van der Waals surface area (Å²) in [6.07, 6.45) is 0.338. The maximum absolute atomic E-state index is 14.2. The number of allylic oxidation sites excluding steroid dienone is 1. The summed E-state index contributed by atoms with van der Waals surface area (Å²) in [5.74, 6) is -8.34. The van der Waals surface area contributed by atoms with Gasteiger partial charge >= 0.3 is 11.9 Å². The predicted molar refractivity (Wildman–Crippen MR) is 141 cm³/mol. The number of fused-ring (bicyclic) bond motifs is 2. The molecular formula is C31H24O12.